The summed E-state index contributed by atoms with van der Waals surface area (Å²) in [6.07, 6.45) is 9.33. The van der Waals surface area contributed by atoms with Crippen molar-refractivity contribution in [3.05, 3.63) is 0 Å². The average Bonchev–Trinajstić information content (AvgIpc) is 2.66. The fraction of sp³-hybridized carbons (Fsp3) is 0.957. The summed E-state index contributed by atoms with van der Waals surface area (Å²) in [5.41, 5.74) is 0. The van der Waals surface area contributed by atoms with Crippen LogP contribution in [0.2, 0.25) is 0 Å². The second-order valence-corrected chi connectivity index (χ2v) is 9.61. The summed E-state index contributed by atoms with van der Waals surface area (Å²) in [5.74, 6) is 1.73. The zero-order valence-corrected chi connectivity index (χ0v) is 18.4. The predicted octanol–water partition coefficient (Wildman–Crippen LogP) is 3.24. The van der Waals surface area contributed by atoms with Crippen molar-refractivity contribution in [2.75, 3.05) is 59.0 Å². The molecule has 0 aromatic carbocycles. The van der Waals surface area contributed by atoms with Crippen LogP contribution in [0.5, 0.6) is 0 Å². The number of amides is 1. The highest BCUT2D eigenvalue weighted by molar-refractivity contribution is 5.76. The van der Waals surface area contributed by atoms with Crippen molar-refractivity contribution in [2.45, 2.75) is 71.3 Å². The molecular weight excluding hydrogens is 350 g/mol. The maximum Gasteiger partial charge on any atom is 0.222 e. The van der Waals surface area contributed by atoms with Gasteiger partial charge in [0.1, 0.15) is 0 Å². The van der Waals surface area contributed by atoms with Gasteiger partial charge in [-0.05, 0) is 44.1 Å². The SMILES string of the molecule is CC(C)CN1CC[C@@H](N2CCOCC2)[C@@H](CCC(=O)N2CCCCCCC2)C1. The van der Waals surface area contributed by atoms with Crippen LogP contribution in [0.25, 0.3) is 0 Å². The number of hydrogen-bond donors (Lipinski definition) is 0. The number of hydrogen-bond acceptors (Lipinski definition) is 4. The summed E-state index contributed by atoms with van der Waals surface area (Å²) in [5, 5.41) is 0. The fourth-order valence-electron chi connectivity index (χ4n) is 5.41. The molecule has 0 saturated carbocycles. The van der Waals surface area contributed by atoms with E-state index in [1.54, 1.807) is 0 Å². The minimum atomic E-state index is 0.406. The van der Waals surface area contributed by atoms with E-state index in [1.807, 2.05) is 0 Å². The summed E-state index contributed by atoms with van der Waals surface area (Å²) in [6, 6.07) is 0.632. The van der Waals surface area contributed by atoms with Crippen LogP contribution in [-0.4, -0.2) is 85.7 Å². The van der Waals surface area contributed by atoms with E-state index in [0.29, 0.717) is 23.8 Å². The lowest BCUT2D eigenvalue weighted by Gasteiger charge is -2.45. The van der Waals surface area contributed by atoms with Gasteiger partial charge in [-0.2, -0.15) is 0 Å². The van der Waals surface area contributed by atoms with Crippen molar-refractivity contribution in [1.29, 1.82) is 0 Å². The van der Waals surface area contributed by atoms with E-state index in [9.17, 15) is 4.79 Å². The molecule has 1 amide bonds. The van der Waals surface area contributed by atoms with Crippen LogP contribution in [-0.2, 0) is 9.53 Å². The normalized spacial score (nSPS) is 28.9. The Morgan fingerprint density at radius 3 is 2.32 bits per heavy atom. The zero-order valence-electron chi connectivity index (χ0n) is 18.4. The number of likely N-dealkylation sites (tertiary alicyclic amines) is 2. The molecule has 3 rings (SSSR count). The molecule has 5 nitrogen and oxygen atoms in total. The Morgan fingerprint density at radius 1 is 0.964 bits per heavy atom. The van der Waals surface area contributed by atoms with Gasteiger partial charge in [0.25, 0.3) is 0 Å². The van der Waals surface area contributed by atoms with Crippen LogP contribution in [0.3, 0.4) is 0 Å². The van der Waals surface area contributed by atoms with Crippen molar-refractivity contribution in [2.24, 2.45) is 11.8 Å². The van der Waals surface area contributed by atoms with Gasteiger partial charge in [0.15, 0.2) is 0 Å². The van der Waals surface area contributed by atoms with E-state index >= 15 is 0 Å². The van der Waals surface area contributed by atoms with Gasteiger partial charge in [0, 0.05) is 51.7 Å². The third kappa shape index (κ3) is 6.70. The molecule has 0 aromatic heterocycles. The van der Waals surface area contributed by atoms with E-state index in [0.717, 1.165) is 58.8 Å². The molecule has 162 valence electrons. The van der Waals surface area contributed by atoms with Gasteiger partial charge in [-0.3, -0.25) is 9.69 Å². The Kier molecular flexibility index (Phi) is 9.06. The summed E-state index contributed by atoms with van der Waals surface area (Å²) in [7, 11) is 0. The van der Waals surface area contributed by atoms with Gasteiger partial charge in [0.2, 0.25) is 5.91 Å². The lowest BCUT2D eigenvalue weighted by Crippen LogP contribution is -2.54. The third-order valence-corrected chi connectivity index (χ3v) is 6.85. The Hall–Kier alpha value is -0.650. The van der Waals surface area contributed by atoms with Crippen LogP contribution in [0.15, 0.2) is 0 Å². The minimum absolute atomic E-state index is 0.406. The number of piperidine rings is 1. The first kappa shape index (κ1) is 22.0. The molecule has 0 spiro atoms. The van der Waals surface area contributed by atoms with Gasteiger partial charge in [-0.1, -0.05) is 33.1 Å². The molecule has 0 N–H and O–H groups in total. The first-order chi connectivity index (χ1) is 13.6. The molecule has 3 heterocycles. The van der Waals surface area contributed by atoms with Crippen molar-refractivity contribution in [3.63, 3.8) is 0 Å². The lowest BCUT2D eigenvalue weighted by atomic mass is 9.86. The molecule has 0 radical (unpaired) electrons. The molecule has 0 aromatic rings. The van der Waals surface area contributed by atoms with E-state index < -0.39 is 0 Å². The molecule has 3 saturated heterocycles. The third-order valence-electron chi connectivity index (χ3n) is 6.85. The zero-order chi connectivity index (χ0) is 19.8. The minimum Gasteiger partial charge on any atom is -0.379 e. The molecule has 3 aliphatic rings. The monoisotopic (exact) mass is 393 g/mol. The van der Waals surface area contributed by atoms with Crippen LogP contribution in [0, 0.1) is 11.8 Å². The van der Waals surface area contributed by atoms with E-state index in [2.05, 4.69) is 28.5 Å². The lowest BCUT2D eigenvalue weighted by molar-refractivity contribution is -0.132. The summed E-state index contributed by atoms with van der Waals surface area (Å²) < 4.78 is 5.59. The number of nitrogens with zero attached hydrogens (tertiary/aromatic N) is 3. The molecule has 0 unspecified atom stereocenters. The van der Waals surface area contributed by atoms with Crippen molar-refractivity contribution < 1.29 is 9.53 Å². The Bertz CT molecular complexity index is 457. The second-order valence-electron chi connectivity index (χ2n) is 9.61. The quantitative estimate of drug-likeness (QED) is 0.694. The summed E-state index contributed by atoms with van der Waals surface area (Å²) >= 11 is 0. The maximum absolute atomic E-state index is 12.9. The average molecular weight is 394 g/mol. The molecule has 28 heavy (non-hydrogen) atoms. The fourth-order valence-corrected chi connectivity index (χ4v) is 5.41. The first-order valence-corrected chi connectivity index (χ1v) is 12.0. The molecule has 3 fully saturated rings. The van der Waals surface area contributed by atoms with Gasteiger partial charge in [0.05, 0.1) is 13.2 Å². The highest BCUT2D eigenvalue weighted by atomic mass is 16.5. The van der Waals surface area contributed by atoms with Crippen LogP contribution in [0.4, 0.5) is 0 Å². The van der Waals surface area contributed by atoms with E-state index in [1.165, 1.54) is 51.6 Å². The van der Waals surface area contributed by atoms with Crippen LogP contribution in [0.1, 0.15) is 65.2 Å². The predicted molar refractivity (Wildman–Crippen MR) is 114 cm³/mol. The van der Waals surface area contributed by atoms with Crippen LogP contribution < -0.4 is 0 Å². The largest absolute Gasteiger partial charge is 0.379 e. The van der Waals surface area contributed by atoms with Gasteiger partial charge >= 0.3 is 0 Å². The number of carbonyl (C=O) groups is 1. The summed E-state index contributed by atoms with van der Waals surface area (Å²) in [4.78, 5) is 20.4. The Labute approximate surface area is 172 Å². The first-order valence-electron chi connectivity index (χ1n) is 12.0. The van der Waals surface area contributed by atoms with E-state index in [-0.39, 0.29) is 0 Å². The number of carbonyl (C=O) groups excluding carboxylic acids is 1. The number of ether oxygens (including phenoxy) is 1. The smallest absolute Gasteiger partial charge is 0.222 e. The highest BCUT2D eigenvalue weighted by Crippen LogP contribution is 2.28. The van der Waals surface area contributed by atoms with Crippen molar-refractivity contribution in [3.8, 4) is 0 Å². The van der Waals surface area contributed by atoms with Gasteiger partial charge in [-0.25, -0.2) is 0 Å². The molecule has 0 aliphatic carbocycles. The van der Waals surface area contributed by atoms with Crippen molar-refractivity contribution >= 4 is 5.91 Å². The standard InChI is InChI=1S/C23H43N3O2/c1-20(2)18-24-13-10-22(25-14-16-28-17-15-25)21(19-24)8-9-23(27)26-11-6-4-3-5-7-12-26/h20-22H,3-19H2,1-2H3/t21-,22+/m0/s1. The van der Waals surface area contributed by atoms with Crippen molar-refractivity contribution in [1.82, 2.24) is 14.7 Å². The molecule has 3 aliphatic heterocycles. The molecule has 0 bridgehead atoms. The van der Waals surface area contributed by atoms with Gasteiger partial charge < -0.3 is 14.5 Å². The topological polar surface area (TPSA) is 36.0 Å². The van der Waals surface area contributed by atoms with Gasteiger partial charge in [-0.15, -0.1) is 0 Å². The van der Waals surface area contributed by atoms with Crippen LogP contribution >= 0.6 is 0 Å². The molecule has 2 atom stereocenters. The molecular formula is C23H43N3O2. The highest BCUT2D eigenvalue weighted by Gasteiger charge is 2.34. The maximum atomic E-state index is 12.9. The number of morpholine rings is 1. The number of rotatable bonds is 6. The Morgan fingerprint density at radius 2 is 1.64 bits per heavy atom. The Balaban J connectivity index is 1.56. The second kappa shape index (κ2) is 11.5. The van der Waals surface area contributed by atoms with E-state index in [4.69, 9.17) is 4.74 Å². The molecule has 5 heteroatoms. The summed E-state index contributed by atoms with van der Waals surface area (Å²) in [6.45, 7) is 14.0.